The molecule has 2 aromatic carbocycles. The van der Waals surface area contributed by atoms with E-state index in [4.69, 9.17) is 9.26 Å². The SMILES string of the molecule is CC(C)c1noc(-c2ccc(OCC(=O)NCc3cc(F)ccc3F)cc2)n1. The molecular formula is C20H19F2N3O3. The Morgan fingerprint density at radius 2 is 1.93 bits per heavy atom. The Morgan fingerprint density at radius 1 is 1.18 bits per heavy atom. The van der Waals surface area contributed by atoms with Gasteiger partial charge in [0.05, 0.1) is 0 Å². The van der Waals surface area contributed by atoms with Gasteiger partial charge in [-0.2, -0.15) is 4.98 Å². The zero-order chi connectivity index (χ0) is 20.1. The molecular weight excluding hydrogens is 368 g/mol. The molecule has 28 heavy (non-hydrogen) atoms. The van der Waals surface area contributed by atoms with E-state index in [2.05, 4.69) is 15.5 Å². The number of halogens is 2. The first-order chi connectivity index (χ1) is 13.4. The summed E-state index contributed by atoms with van der Waals surface area (Å²) in [4.78, 5) is 16.2. The molecule has 0 saturated carbocycles. The van der Waals surface area contributed by atoms with Crippen LogP contribution in [0.1, 0.15) is 31.2 Å². The van der Waals surface area contributed by atoms with E-state index in [0.717, 1.165) is 23.8 Å². The van der Waals surface area contributed by atoms with E-state index in [1.54, 1.807) is 24.3 Å². The average molecular weight is 387 g/mol. The smallest absolute Gasteiger partial charge is 0.258 e. The fourth-order valence-electron chi connectivity index (χ4n) is 2.35. The average Bonchev–Trinajstić information content (AvgIpc) is 3.18. The van der Waals surface area contributed by atoms with Gasteiger partial charge in [-0.1, -0.05) is 19.0 Å². The lowest BCUT2D eigenvalue weighted by Crippen LogP contribution is -2.28. The first kappa shape index (κ1) is 19.5. The number of aromatic nitrogens is 2. The number of benzene rings is 2. The topological polar surface area (TPSA) is 77.2 Å². The number of hydrogen-bond donors (Lipinski definition) is 1. The molecule has 1 N–H and O–H groups in total. The van der Waals surface area contributed by atoms with E-state index in [1.165, 1.54) is 0 Å². The molecule has 8 heteroatoms. The fourth-order valence-corrected chi connectivity index (χ4v) is 2.35. The predicted octanol–water partition coefficient (Wildman–Crippen LogP) is 3.83. The van der Waals surface area contributed by atoms with E-state index >= 15 is 0 Å². The van der Waals surface area contributed by atoms with Crippen LogP contribution in [0.5, 0.6) is 5.75 Å². The van der Waals surface area contributed by atoms with Gasteiger partial charge in [-0.05, 0) is 42.5 Å². The van der Waals surface area contributed by atoms with Crippen molar-refractivity contribution in [1.82, 2.24) is 15.5 Å². The Hall–Kier alpha value is -3.29. The standard InChI is InChI=1S/C20H19F2N3O3/c1-12(2)19-24-20(28-25-19)13-3-6-16(7-4-13)27-11-18(26)23-10-14-9-15(21)5-8-17(14)22/h3-9,12H,10-11H2,1-2H3,(H,23,26). The molecule has 0 atom stereocenters. The van der Waals surface area contributed by atoms with Crippen molar-refractivity contribution in [2.75, 3.05) is 6.61 Å². The van der Waals surface area contributed by atoms with Crippen LogP contribution < -0.4 is 10.1 Å². The van der Waals surface area contributed by atoms with Crippen LogP contribution in [0.3, 0.4) is 0 Å². The number of amides is 1. The van der Waals surface area contributed by atoms with Crippen LogP contribution in [0.4, 0.5) is 8.78 Å². The lowest BCUT2D eigenvalue weighted by Gasteiger charge is -2.08. The minimum atomic E-state index is -0.583. The number of carbonyl (C=O) groups is 1. The first-order valence-corrected chi connectivity index (χ1v) is 8.70. The molecule has 0 aliphatic heterocycles. The number of nitrogens with one attached hydrogen (secondary N) is 1. The minimum absolute atomic E-state index is 0.0676. The van der Waals surface area contributed by atoms with Crippen molar-refractivity contribution in [2.24, 2.45) is 0 Å². The number of ether oxygens (including phenoxy) is 1. The van der Waals surface area contributed by atoms with E-state index in [0.29, 0.717) is 17.5 Å². The summed E-state index contributed by atoms with van der Waals surface area (Å²) < 4.78 is 37.3. The largest absolute Gasteiger partial charge is 0.484 e. The number of nitrogens with zero attached hydrogens (tertiary/aromatic N) is 2. The first-order valence-electron chi connectivity index (χ1n) is 8.70. The molecule has 0 radical (unpaired) electrons. The van der Waals surface area contributed by atoms with Crippen molar-refractivity contribution in [1.29, 1.82) is 0 Å². The maximum atomic E-state index is 13.5. The molecule has 0 bridgehead atoms. The number of hydrogen-bond acceptors (Lipinski definition) is 5. The molecule has 3 aromatic rings. The van der Waals surface area contributed by atoms with E-state index in [9.17, 15) is 13.6 Å². The molecule has 1 aromatic heterocycles. The zero-order valence-electron chi connectivity index (χ0n) is 15.4. The third-order valence-corrected chi connectivity index (χ3v) is 3.91. The highest BCUT2D eigenvalue weighted by molar-refractivity contribution is 5.77. The molecule has 0 aliphatic carbocycles. The van der Waals surface area contributed by atoms with Gasteiger partial charge < -0.3 is 14.6 Å². The summed E-state index contributed by atoms with van der Waals surface area (Å²) in [5.41, 5.74) is 0.802. The Kier molecular flexibility index (Phi) is 5.98. The van der Waals surface area contributed by atoms with Gasteiger partial charge in [0.25, 0.3) is 11.8 Å². The van der Waals surface area contributed by atoms with Crippen LogP contribution in [0.15, 0.2) is 47.0 Å². The highest BCUT2D eigenvalue weighted by Gasteiger charge is 2.12. The van der Waals surface area contributed by atoms with Crippen LogP contribution in [0.25, 0.3) is 11.5 Å². The van der Waals surface area contributed by atoms with Crippen LogP contribution in [-0.4, -0.2) is 22.7 Å². The van der Waals surface area contributed by atoms with Crippen molar-refractivity contribution < 1.29 is 22.8 Å². The van der Waals surface area contributed by atoms with Gasteiger partial charge in [0.1, 0.15) is 17.4 Å². The Labute approximate surface area is 160 Å². The molecule has 0 saturated heterocycles. The van der Waals surface area contributed by atoms with Gasteiger partial charge in [-0.3, -0.25) is 4.79 Å². The zero-order valence-corrected chi connectivity index (χ0v) is 15.4. The highest BCUT2D eigenvalue weighted by Crippen LogP contribution is 2.22. The van der Waals surface area contributed by atoms with Crippen LogP contribution in [0, 0.1) is 11.6 Å². The van der Waals surface area contributed by atoms with Crippen LogP contribution in [-0.2, 0) is 11.3 Å². The second kappa shape index (κ2) is 8.60. The Bertz CT molecular complexity index is 956. The summed E-state index contributed by atoms with van der Waals surface area (Å²) in [7, 11) is 0. The predicted molar refractivity (Wildman–Crippen MR) is 97.5 cm³/mol. The van der Waals surface area contributed by atoms with Gasteiger partial charge >= 0.3 is 0 Å². The van der Waals surface area contributed by atoms with Crippen molar-refractivity contribution in [3.8, 4) is 17.2 Å². The molecule has 0 fully saturated rings. The molecule has 3 rings (SSSR count). The lowest BCUT2D eigenvalue weighted by atomic mass is 10.2. The van der Waals surface area contributed by atoms with Crippen molar-refractivity contribution in [3.05, 3.63) is 65.5 Å². The normalized spacial score (nSPS) is 10.9. The summed E-state index contributed by atoms with van der Waals surface area (Å²) >= 11 is 0. The summed E-state index contributed by atoms with van der Waals surface area (Å²) in [6, 6.07) is 9.91. The van der Waals surface area contributed by atoms with Crippen molar-refractivity contribution >= 4 is 5.91 Å². The lowest BCUT2D eigenvalue weighted by molar-refractivity contribution is -0.123. The molecule has 0 aliphatic rings. The second-order valence-electron chi connectivity index (χ2n) is 6.44. The Morgan fingerprint density at radius 3 is 2.61 bits per heavy atom. The van der Waals surface area contributed by atoms with Crippen molar-refractivity contribution in [3.63, 3.8) is 0 Å². The third-order valence-electron chi connectivity index (χ3n) is 3.91. The van der Waals surface area contributed by atoms with Gasteiger partial charge in [0, 0.05) is 23.6 Å². The molecule has 146 valence electrons. The quantitative estimate of drug-likeness (QED) is 0.667. The van der Waals surface area contributed by atoms with E-state index in [1.807, 2.05) is 13.8 Å². The van der Waals surface area contributed by atoms with Gasteiger partial charge in [-0.25, -0.2) is 8.78 Å². The van der Waals surface area contributed by atoms with Crippen molar-refractivity contribution in [2.45, 2.75) is 26.3 Å². The maximum absolute atomic E-state index is 13.5. The second-order valence-corrected chi connectivity index (χ2v) is 6.44. The van der Waals surface area contributed by atoms with Crippen LogP contribution in [0.2, 0.25) is 0 Å². The molecule has 1 heterocycles. The molecule has 0 unspecified atom stereocenters. The highest BCUT2D eigenvalue weighted by atomic mass is 19.1. The summed E-state index contributed by atoms with van der Waals surface area (Å²) in [5, 5.41) is 6.39. The maximum Gasteiger partial charge on any atom is 0.258 e. The summed E-state index contributed by atoms with van der Waals surface area (Å²) in [5.74, 6) is 0.0700. The van der Waals surface area contributed by atoms with Gasteiger partial charge in [0.2, 0.25) is 0 Å². The van der Waals surface area contributed by atoms with Gasteiger partial charge in [0.15, 0.2) is 12.4 Å². The molecule has 6 nitrogen and oxygen atoms in total. The van der Waals surface area contributed by atoms with Gasteiger partial charge in [-0.15, -0.1) is 0 Å². The fraction of sp³-hybridized carbons (Fsp3) is 0.250. The van der Waals surface area contributed by atoms with Crippen LogP contribution >= 0.6 is 0 Å². The Balaban J connectivity index is 1.51. The van der Waals surface area contributed by atoms with E-state index in [-0.39, 0.29) is 24.6 Å². The summed E-state index contributed by atoms with van der Waals surface area (Å²) in [6.45, 7) is 3.56. The number of rotatable bonds is 7. The third kappa shape index (κ3) is 4.91. The molecule has 0 spiro atoms. The van der Waals surface area contributed by atoms with E-state index < -0.39 is 17.5 Å². The molecule has 1 amide bonds. The monoisotopic (exact) mass is 387 g/mol. The minimum Gasteiger partial charge on any atom is -0.484 e. The summed E-state index contributed by atoms with van der Waals surface area (Å²) in [6.07, 6.45) is 0. The number of carbonyl (C=O) groups excluding carboxylic acids is 1.